The summed E-state index contributed by atoms with van der Waals surface area (Å²) in [6.07, 6.45) is 0.186. The molecule has 0 saturated heterocycles. The van der Waals surface area contributed by atoms with Crippen molar-refractivity contribution in [3.8, 4) is 0 Å². The summed E-state index contributed by atoms with van der Waals surface area (Å²) in [7, 11) is -3.57. The summed E-state index contributed by atoms with van der Waals surface area (Å²) >= 11 is 5.78. The molecule has 0 aliphatic rings. The number of benzene rings is 2. The van der Waals surface area contributed by atoms with Gasteiger partial charge in [-0.25, -0.2) is 12.8 Å². The zero-order chi connectivity index (χ0) is 17.6. The number of nitrogens with one attached hydrogen (secondary N) is 1. The van der Waals surface area contributed by atoms with E-state index in [2.05, 4.69) is 5.32 Å². The fourth-order valence-electron chi connectivity index (χ4n) is 2.13. The molecule has 2 aromatic carbocycles. The molecule has 24 heavy (non-hydrogen) atoms. The predicted molar refractivity (Wildman–Crippen MR) is 91.2 cm³/mol. The fourth-order valence-corrected chi connectivity index (χ4v) is 3.67. The number of carbonyl (C=O) groups is 1. The van der Waals surface area contributed by atoms with Gasteiger partial charge in [0, 0.05) is 18.0 Å². The van der Waals surface area contributed by atoms with Crippen molar-refractivity contribution in [1.29, 1.82) is 0 Å². The molecule has 0 fully saturated rings. The summed E-state index contributed by atoms with van der Waals surface area (Å²) in [4.78, 5) is 11.9. The monoisotopic (exact) mass is 369 g/mol. The lowest BCUT2D eigenvalue weighted by Gasteiger charge is -2.07. The minimum absolute atomic E-state index is 0.0918. The van der Waals surface area contributed by atoms with Crippen LogP contribution in [0.1, 0.15) is 12.0 Å². The average molecular weight is 370 g/mol. The van der Waals surface area contributed by atoms with Crippen molar-refractivity contribution in [1.82, 2.24) is 5.32 Å². The van der Waals surface area contributed by atoms with Gasteiger partial charge in [0.2, 0.25) is 5.91 Å². The van der Waals surface area contributed by atoms with Gasteiger partial charge in [0.25, 0.3) is 0 Å². The quantitative estimate of drug-likeness (QED) is 0.816. The Morgan fingerprint density at radius 1 is 1.12 bits per heavy atom. The van der Waals surface area contributed by atoms with Crippen LogP contribution in [0, 0.1) is 5.82 Å². The number of hydrogen-bond donors (Lipinski definition) is 1. The standard InChI is InChI=1S/C17H17ClFNO3S/c18-14-5-3-6-15(12-14)24(22,23)11-9-17(21)20-10-8-13-4-1-2-7-16(13)19/h1-7,12H,8-11H2,(H,20,21). The highest BCUT2D eigenvalue weighted by Crippen LogP contribution is 2.17. The van der Waals surface area contributed by atoms with Crippen LogP contribution in [-0.4, -0.2) is 26.6 Å². The molecule has 2 aromatic rings. The van der Waals surface area contributed by atoms with Crippen molar-refractivity contribution < 1.29 is 17.6 Å². The summed E-state index contributed by atoms with van der Waals surface area (Å²) in [5.74, 6) is -1.02. The molecular formula is C17H17ClFNO3S. The number of rotatable bonds is 7. The Morgan fingerprint density at radius 3 is 2.58 bits per heavy atom. The van der Waals surface area contributed by atoms with Crippen LogP contribution in [-0.2, 0) is 21.1 Å². The Bertz CT molecular complexity index is 824. The van der Waals surface area contributed by atoms with Gasteiger partial charge in [-0.15, -0.1) is 0 Å². The molecule has 0 aromatic heterocycles. The highest BCUT2D eigenvalue weighted by Gasteiger charge is 2.16. The van der Waals surface area contributed by atoms with E-state index in [1.165, 1.54) is 18.2 Å². The molecule has 0 heterocycles. The first-order valence-electron chi connectivity index (χ1n) is 7.37. The van der Waals surface area contributed by atoms with Gasteiger partial charge in [0.15, 0.2) is 9.84 Å². The molecule has 1 N–H and O–H groups in total. The van der Waals surface area contributed by atoms with E-state index in [9.17, 15) is 17.6 Å². The molecule has 4 nitrogen and oxygen atoms in total. The molecule has 0 atom stereocenters. The lowest BCUT2D eigenvalue weighted by atomic mass is 10.1. The number of sulfone groups is 1. The van der Waals surface area contributed by atoms with Crippen LogP contribution in [0.25, 0.3) is 0 Å². The molecule has 0 bridgehead atoms. The Morgan fingerprint density at radius 2 is 1.88 bits per heavy atom. The second-order valence-corrected chi connectivity index (χ2v) is 7.76. The molecule has 0 unspecified atom stereocenters. The third kappa shape index (κ3) is 5.32. The zero-order valence-corrected chi connectivity index (χ0v) is 14.4. The van der Waals surface area contributed by atoms with Crippen molar-refractivity contribution in [2.24, 2.45) is 0 Å². The van der Waals surface area contributed by atoms with Gasteiger partial charge < -0.3 is 5.32 Å². The molecule has 2 rings (SSSR count). The Kier molecular flexibility index (Phi) is 6.34. The predicted octanol–water partition coefficient (Wildman–Crippen LogP) is 3.00. The maximum Gasteiger partial charge on any atom is 0.221 e. The van der Waals surface area contributed by atoms with E-state index in [4.69, 9.17) is 11.6 Å². The molecular weight excluding hydrogens is 353 g/mol. The van der Waals surface area contributed by atoms with Gasteiger partial charge in [0.1, 0.15) is 5.82 Å². The highest BCUT2D eigenvalue weighted by molar-refractivity contribution is 7.91. The van der Waals surface area contributed by atoms with Crippen molar-refractivity contribution in [3.63, 3.8) is 0 Å². The zero-order valence-electron chi connectivity index (χ0n) is 12.8. The topological polar surface area (TPSA) is 63.2 Å². The Labute approximate surface area is 145 Å². The number of halogens is 2. The van der Waals surface area contributed by atoms with Crippen LogP contribution in [0.15, 0.2) is 53.4 Å². The SMILES string of the molecule is O=C(CCS(=O)(=O)c1cccc(Cl)c1)NCCc1ccccc1F. The lowest BCUT2D eigenvalue weighted by Crippen LogP contribution is -2.27. The number of hydrogen-bond acceptors (Lipinski definition) is 3. The van der Waals surface area contributed by atoms with Crippen LogP contribution < -0.4 is 5.32 Å². The van der Waals surface area contributed by atoms with Crippen LogP contribution in [0.3, 0.4) is 0 Å². The molecule has 7 heteroatoms. The van der Waals surface area contributed by atoms with Crippen molar-refractivity contribution in [3.05, 3.63) is 64.9 Å². The highest BCUT2D eigenvalue weighted by atomic mass is 35.5. The van der Waals surface area contributed by atoms with E-state index in [1.807, 2.05) is 0 Å². The van der Waals surface area contributed by atoms with E-state index >= 15 is 0 Å². The smallest absolute Gasteiger partial charge is 0.221 e. The lowest BCUT2D eigenvalue weighted by molar-refractivity contribution is -0.120. The summed E-state index contributed by atoms with van der Waals surface area (Å²) in [6, 6.07) is 12.2. The van der Waals surface area contributed by atoms with E-state index in [1.54, 1.807) is 30.3 Å². The maximum absolute atomic E-state index is 13.4. The third-order valence-electron chi connectivity index (χ3n) is 3.43. The third-order valence-corrected chi connectivity index (χ3v) is 5.38. The molecule has 0 aliphatic carbocycles. The second kappa shape index (κ2) is 8.26. The fraction of sp³-hybridized carbons (Fsp3) is 0.235. The van der Waals surface area contributed by atoms with Gasteiger partial charge >= 0.3 is 0 Å². The number of carbonyl (C=O) groups excluding carboxylic acids is 1. The van der Waals surface area contributed by atoms with Crippen molar-refractivity contribution in [2.75, 3.05) is 12.3 Å². The molecule has 128 valence electrons. The number of amides is 1. The van der Waals surface area contributed by atoms with Gasteiger partial charge in [-0.2, -0.15) is 0 Å². The summed E-state index contributed by atoms with van der Waals surface area (Å²) < 4.78 is 37.7. The van der Waals surface area contributed by atoms with Crippen LogP contribution in [0.2, 0.25) is 5.02 Å². The van der Waals surface area contributed by atoms with Crippen LogP contribution in [0.5, 0.6) is 0 Å². The van der Waals surface area contributed by atoms with E-state index < -0.39 is 15.7 Å². The van der Waals surface area contributed by atoms with Crippen LogP contribution in [0.4, 0.5) is 4.39 Å². The Hall–Kier alpha value is -1.92. The molecule has 0 saturated carbocycles. The van der Waals surface area contributed by atoms with Crippen LogP contribution >= 0.6 is 11.6 Å². The van der Waals surface area contributed by atoms with Gasteiger partial charge in [0.05, 0.1) is 10.6 Å². The first kappa shape index (κ1) is 18.4. The second-order valence-electron chi connectivity index (χ2n) is 5.22. The first-order valence-corrected chi connectivity index (χ1v) is 9.40. The maximum atomic E-state index is 13.4. The molecule has 0 radical (unpaired) electrons. The summed E-state index contributed by atoms with van der Waals surface area (Å²) in [5, 5.41) is 2.92. The van der Waals surface area contributed by atoms with Crippen molar-refractivity contribution >= 4 is 27.3 Å². The summed E-state index contributed by atoms with van der Waals surface area (Å²) in [5.41, 5.74) is 0.504. The van der Waals surface area contributed by atoms with Gasteiger partial charge in [-0.3, -0.25) is 4.79 Å². The van der Waals surface area contributed by atoms with E-state index in [0.29, 0.717) is 17.0 Å². The summed E-state index contributed by atoms with van der Waals surface area (Å²) in [6.45, 7) is 0.247. The normalized spacial score (nSPS) is 11.2. The van der Waals surface area contributed by atoms with E-state index in [0.717, 1.165) is 0 Å². The first-order chi connectivity index (χ1) is 11.4. The van der Waals surface area contributed by atoms with E-state index in [-0.39, 0.29) is 29.4 Å². The van der Waals surface area contributed by atoms with Gasteiger partial charge in [-0.1, -0.05) is 35.9 Å². The largest absolute Gasteiger partial charge is 0.356 e. The molecule has 0 spiro atoms. The molecule has 1 amide bonds. The van der Waals surface area contributed by atoms with Crippen molar-refractivity contribution in [2.45, 2.75) is 17.7 Å². The average Bonchev–Trinajstić information content (AvgIpc) is 2.55. The van der Waals surface area contributed by atoms with Gasteiger partial charge in [-0.05, 0) is 36.2 Å². The Balaban J connectivity index is 1.82. The minimum atomic E-state index is -3.57. The molecule has 0 aliphatic heterocycles. The minimum Gasteiger partial charge on any atom is -0.356 e.